The highest BCUT2D eigenvalue weighted by atomic mass is 16.3. The van der Waals surface area contributed by atoms with Crippen LogP contribution in [-0.2, 0) is 0 Å². The normalized spacial score (nSPS) is 21.9. The van der Waals surface area contributed by atoms with Crippen LogP contribution in [0.25, 0.3) is 0 Å². The number of hydrogen-bond acceptors (Lipinski definition) is 2. The van der Waals surface area contributed by atoms with E-state index in [4.69, 9.17) is 0 Å². The molecule has 2 heteroatoms. The SMILES string of the molecule is CCC(O)CCN1CC(C(C)C)C1. The first-order valence-corrected chi connectivity index (χ1v) is 5.54. The van der Waals surface area contributed by atoms with Crippen LogP contribution in [0.1, 0.15) is 33.6 Å². The van der Waals surface area contributed by atoms with Gasteiger partial charge in [0.25, 0.3) is 0 Å². The number of aliphatic hydroxyl groups is 1. The Hall–Kier alpha value is -0.0800. The lowest BCUT2D eigenvalue weighted by atomic mass is 9.88. The van der Waals surface area contributed by atoms with Crippen LogP contribution >= 0.6 is 0 Å². The van der Waals surface area contributed by atoms with Crippen molar-refractivity contribution in [2.75, 3.05) is 19.6 Å². The summed E-state index contributed by atoms with van der Waals surface area (Å²) in [6.45, 7) is 10.2. The highest BCUT2D eigenvalue weighted by Gasteiger charge is 2.28. The van der Waals surface area contributed by atoms with Gasteiger partial charge in [0.05, 0.1) is 6.10 Å². The Balaban J connectivity index is 2.02. The molecule has 0 aromatic carbocycles. The molecular weight excluding hydrogens is 162 g/mol. The first kappa shape index (κ1) is 11.0. The van der Waals surface area contributed by atoms with Crippen molar-refractivity contribution >= 4 is 0 Å². The van der Waals surface area contributed by atoms with Crippen molar-refractivity contribution in [3.8, 4) is 0 Å². The molecule has 1 N–H and O–H groups in total. The second-order valence-electron chi connectivity index (χ2n) is 4.61. The van der Waals surface area contributed by atoms with E-state index in [1.54, 1.807) is 0 Å². The lowest BCUT2D eigenvalue weighted by Gasteiger charge is -2.42. The molecule has 0 amide bonds. The Morgan fingerprint density at radius 2 is 2.00 bits per heavy atom. The maximum Gasteiger partial charge on any atom is 0.0549 e. The summed E-state index contributed by atoms with van der Waals surface area (Å²) >= 11 is 0. The standard InChI is InChI=1S/C11H23NO/c1-4-11(13)5-6-12-7-10(8-12)9(2)3/h9-11,13H,4-8H2,1-3H3. The fraction of sp³-hybridized carbons (Fsp3) is 1.00. The molecule has 0 aromatic rings. The Bertz CT molecular complexity index is 141. The van der Waals surface area contributed by atoms with Gasteiger partial charge in [0.15, 0.2) is 0 Å². The van der Waals surface area contributed by atoms with E-state index in [9.17, 15) is 5.11 Å². The third-order valence-corrected chi connectivity index (χ3v) is 3.18. The van der Waals surface area contributed by atoms with Gasteiger partial charge in [0, 0.05) is 19.6 Å². The monoisotopic (exact) mass is 185 g/mol. The Labute approximate surface area is 81.9 Å². The van der Waals surface area contributed by atoms with Gasteiger partial charge in [-0.2, -0.15) is 0 Å². The highest BCUT2D eigenvalue weighted by Crippen LogP contribution is 2.23. The van der Waals surface area contributed by atoms with Crippen LogP contribution in [0.2, 0.25) is 0 Å². The first-order valence-electron chi connectivity index (χ1n) is 5.54. The zero-order chi connectivity index (χ0) is 9.84. The van der Waals surface area contributed by atoms with Gasteiger partial charge in [-0.3, -0.25) is 0 Å². The zero-order valence-electron chi connectivity index (χ0n) is 9.16. The maximum atomic E-state index is 9.37. The molecule has 2 nitrogen and oxygen atoms in total. The number of nitrogens with zero attached hydrogens (tertiary/aromatic N) is 1. The fourth-order valence-corrected chi connectivity index (χ4v) is 1.75. The van der Waals surface area contributed by atoms with Crippen molar-refractivity contribution in [3.05, 3.63) is 0 Å². The molecule has 0 radical (unpaired) electrons. The van der Waals surface area contributed by atoms with E-state index in [0.29, 0.717) is 0 Å². The summed E-state index contributed by atoms with van der Waals surface area (Å²) in [5, 5.41) is 9.37. The van der Waals surface area contributed by atoms with Crippen LogP contribution in [0.15, 0.2) is 0 Å². The molecule has 1 rings (SSSR count). The van der Waals surface area contributed by atoms with Crippen LogP contribution in [0.5, 0.6) is 0 Å². The molecule has 13 heavy (non-hydrogen) atoms. The van der Waals surface area contributed by atoms with E-state index in [1.165, 1.54) is 13.1 Å². The van der Waals surface area contributed by atoms with Crippen molar-refractivity contribution in [1.29, 1.82) is 0 Å². The largest absolute Gasteiger partial charge is 0.393 e. The minimum absolute atomic E-state index is 0.0851. The molecule has 1 saturated heterocycles. The molecule has 0 spiro atoms. The van der Waals surface area contributed by atoms with E-state index >= 15 is 0 Å². The van der Waals surface area contributed by atoms with E-state index < -0.39 is 0 Å². The average molecular weight is 185 g/mol. The molecule has 1 aliphatic rings. The third kappa shape index (κ3) is 3.28. The van der Waals surface area contributed by atoms with Gasteiger partial charge in [-0.05, 0) is 24.7 Å². The molecule has 0 saturated carbocycles. The third-order valence-electron chi connectivity index (χ3n) is 3.18. The Kier molecular flexibility index (Phi) is 4.20. The lowest BCUT2D eigenvalue weighted by Crippen LogP contribution is -2.49. The van der Waals surface area contributed by atoms with Crippen LogP contribution in [0.3, 0.4) is 0 Å². The minimum Gasteiger partial charge on any atom is -0.393 e. The molecule has 0 aromatic heterocycles. The van der Waals surface area contributed by atoms with Crippen LogP contribution in [0, 0.1) is 11.8 Å². The van der Waals surface area contributed by atoms with E-state index in [0.717, 1.165) is 31.2 Å². The van der Waals surface area contributed by atoms with Crippen molar-refractivity contribution in [2.45, 2.75) is 39.7 Å². The summed E-state index contributed by atoms with van der Waals surface area (Å²) < 4.78 is 0. The molecule has 1 atom stereocenters. The van der Waals surface area contributed by atoms with Gasteiger partial charge >= 0.3 is 0 Å². The second-order valence-corrected chi connectivity index (χ2v) is 4.61. The summed E-state index contributed by atoms with van der Waals surface area (Å²) in [7, 11) is 0. The average Bonchev–Trinajstić information content (AvgIpc) is 2.00. The Morgan fingerprint density at radius 1 is 1.38 bits per heavy atom. The number of hydrogen-bond donors (Lipinski definition) is 1. The van der Waals surface area contributed by atoms with Crippen LogP contribution < -0.4 is 0 Å². The zero-order valence-corrected chi connectivity index (χ0v) is 9.16. The van der Waals surface area contributed by atoms with Crippen molar-refractivity contribution in [2.24, 2.45) is 11.8 Å². The summed E-state index contributed by atoms with van der Waals surface area (Å²) in [5.41, 5.74) is 0. The molecule has 1 heterocycles. The van der Waals surface area contributed by atoms with E-state index in [1.807, 2.05) is 6.92 Å². The maximum absolute atomic E-state index is 9.37. The van der Waals surface area contributed by atoms with Gasteiger partial charge in [0.2, 0.25) is 0 Å². The van der Waals surface area contributed by atoms with Gasteiger partial charge in [-0.25, -0.2) is 0 Å². The quantitative estimate of drug-likeness (QED) is 0.705. The lowest BCUT2D eigenvalue weighted by molar-refractivity contribution is 0.0495. The predicted octanol–water partition coefficient (Wildman–Crippen LogP) is 1.74. The first-order chi connectivity index (χ1) is 6.13. The summed E-state index contributed by atoms with van der Waals surface area (Å²) in [6, 6.07) is 0. The molecule has 1 unspecified atom stereocenters. The summed E-state index contributed by atoms with van der Waals surface area (Å²) in [5.74, 6) is 1.73. The van der Waals surface area contributed by atoms with Crippen molar-refractivity contribution < 1.29 is 5.11 Å². The van der Waals surface area contributed by atoms with E-state index in [-0.39, 0.29) is 6.10 Å². The van der Waals surface area contributed by atoms with Gasteiger partial charge in [-0.1, -0.05) is 20.8 Å². The minimum atomic E-state index is -0.0851. The summed E-state index contributed by atoms with van der Waals surface area (Å²) in [4.78, 5) is 2.45. The molecule has 78 valence electrons. The fourth-order valence-electron chi connectivity index (χ4n) is 1.75. The van der Waals surface area contributed by atoms with E-state index in [2.05, 4.69) is 18.7 Å². The molecule has 0 bridgehead atoms. The summed E-state index contributed by atoms with van der Waals surface area (Å²) in [6.07, 6.45) is 1.75. The van der Waals surface area contributed by atoms with Gasteiger partial charge in [0.1, 0.15) is 0 Å². The molecule has 0 aliphatic carbocycles. The van der Waals surface area contributed by atoms with Crippen molar-refractivity contribution in [3.63, 3.8) is 0 Å². The van der Waals surface area contributed by atoms with Crippen molar-refractivity contribution in [1.82, 2.24) is 4.90 Å². The number of likely N-dealkylation sites (tertiary alicyclic amines) is 1. The van der Waals surface area contributed by atoms with Crippen LogP contribution in [0.4, 0.5) is 0 Å². The second kappa shape index (κ2) is 4.97. The van der Waals surface area contributed by atoms with Gasteiger partial charge in [-0.15, -0.1) is 0 Å². The highest BCUT2D eigenvalue weighted by molar-refractivity contribution is 4.81. The molecule has 1 aliphatic heterocycles. The van der Waals surface area contributed by atoms with Crippen LogP contribution in [-0.4, -0.2) is 35.7 Å². The number of aliphatic hydroxyl groups excluding tert-OH is 1. The smallest absolute Gasteiger partial charge is 0.0549 e. The van der Waals surface area contributed by atoms with Gasteiger partial charge < -0.3 is 10.0 Å². The number of rotatable bonds is 5. The molecular formula is C11H23NO. The predicted molar refractivity (Wildman–Crippen MR) is 55.7 cm³/mol. The Morgan fingerprint density at radius 3 is 2.46 bits per heavy atom. The topological polar surface area (TPSA) is 23.5 Å². The molecule has 1 fully saturated rings.